The van der Waals surface area contributed by atoms with Crippen LogP contribution in [0, 0.1) is 6.92 Å². The molecule has 13 heteroatoms. The lowest BCUT2D eigenvalue weighted by molar-refractivity contribution is -0.132. The highest BCUT2D eigenvalue weighted by Crippen LogP contribution is 2.46. The Morgan fingerprint density at radius 1 is 1.06 bits per heavy atom. The van der Waals surface area contributed by atoms with E-state index < -0.39 is 17.7 Å². The number of aromatic nitrogens is 4. The predicted molar refractivity (Wildman–Crippen MR) is 184 cm³/mol. The highest BCUT2D eigenvalue weighted by Gasteiger charge is 2.49. The number of pyridine rings is 1. The zero-order valence-electron chi connectivity index (χ0n) is 26.0. The van der Waals surface area contributed by atoms with Crippen molar-refractivity contribution in [3.8, 4) is 11.5 Å². The lowest BCUT2D eigenvalue weighted by atomic mass is 9.96. The maximum Gasteiger partial charge on any atom is 0.301 e. The Balaban J connectivity index is 1.43. The summed E-state index contributed by atoms with van der Waals surface area (Å²) in [6, 6.07) is 17.2. The third kappa shape index (κ3) is 6.58. The molecule has 0 bridgehead atoms. The number of hydrogen-bond acceptors (Lipinski definition) is 10. The van der Waals surface area contributed by atoms with Crippen molar-refractivity contribution in [3.05, 3.63) is 100.0 Å². The summed E-state index contributed by atoms with van der Waals surface area (Å²) in [5.41, 5.74) is 2.90. The summed E-state index contributed by atoms with van der Waals surface area (Å²) in [7, 11) is 1.53. The second kappa shape index (κ2) is 14.2. The molecule has 4 heterocycles. The van der Waals surface area contributed by atoms with Gasteiger partial charge in [0, 0.05) is 17.0 Å². The van der Waals surface area contributed by atoms with Crippen molar-refractivity contribution in [1.82, 2.24) is 19.6 Å². The molecule has 1 aliphatic heterocycles. The molecule has 6 rings (SSSR count). The van der Waals surface area contributed by atoms with E-state index in [9.17, 15) is 14.7 Å². The summed E-state index contributed by atoms with van der Waals surface area (Å²) in [6.07, 6.45) is 4.75. The Kier molecular flexibility index (Phi) is 9.81. The van der Waals surface area contributed by atoms with E-state index in [1.54, 1.807) is 47.9 Å². The molecular weight excluding hydrogens is 658 g/mol. The minimum absolute atomic E-state index is 0.0898. The molecule has 1 fully saturated rings. The average molecular weight is 690 g/mol. The van der Waals surface area contributed by atoms with Gasteiger partial charge in [0.15, 0.2) is 21.6 Å². The molecule has 2 aromatic carbocycles. The number of hydrogen-bond donors (Lipinski definition) is 1. The van der Waals surface area contributed by atoms with Gasteiger partial charge in [0.1, 0.15) is 11.3 Å². The fourth-order valence-electron chi connectivity index (χ4n) is 5.46. The van der Waals surface area contributed by atoms with E-state index in [2.05, 4.69) is 22.1 Å². The number of methoxy groups -OCH3 is 1. The van der Waals surface area contributed by atoms with Gasteiger partial charge in [0.05, 0.1) is 31.0 Å². The zero-order valence-corrected chi connectivity index (χ0v) is 28.4. The van der Waals surface area contributed by atoms with Crippen molar-refractivity contribution in [2.45, 2.75) is 49.2 Å². The summed E-state index contributed by atoms with van der Waals surface area (Å²) in [6.45, 7) is 4.39. The number of aliphatic hydroxyl groups is 1. The number of carbonyl (C=O) groups excluding carboxylic acids is 2. The number of imidazole rings is 1. The molecule has 3 aromatic heterocycles. The molecule has 1 atom stereocenters. The number of anilines is 1. The topological polar surface area (TPSA) is 119 Å². The number of rotatable bonds is 12. The molecule has 1 saturated heterocycles. The Bertz CT molecular complexity index is 1970. The molecule has 0 spiro atoms. The number of carbonyl (C=O) groups is 2. The first kappa shape index (κ1) is 32.5. The van der Waals surface area contributed by atoms with Crippen molar-refractivity contribution in [3.63, 3.8) is 0 Å². The summed E-state index contributed by atoms with van der Waals surface area (Å²) < 4.78 is 14.0. The van der Waals surface area contributed by atoms with Crippen molar-refractivity contribution in [1.29, 1.82) is 0 Å². The number of amides is 1. The highest BCUT2D eigenvalue weighted by atomic mass is 35.5. The summed E-state index contributed by atoms with van der Waals surface area (Å²) in [5.74, 6) is -0.425. The predicted octanol–water partition coefficient (Wildman–Crippen LogP) is 7.64. The fourth-order valence-corrected chi connectivity index (χ4v) is 7.41. The van der Waals surface area contributed by atoms with Gasteiger partial charge in [-0.25, -0.2) is 4.98 Å². The van der Waals surface area contributed by atoms with Gasteiger partial charge in [0.25, 0.3) is 5.78 Å². The highest BCUT2D eigenvalue weighted by molar-refractivity contribution is 8.00. The number of unbranched alkanes of at least 4 members (excludes halogenated alkanes) is 2. The van der Waals surface area contributed by atoms with Crippen LogP contribution >= 0.6 is 34.7 Å². The minimum Gasteiger partial charge on any atom is -0.505 e. The van der Waals surface area contributed by atoms with Gasteiger partial charge in [-0.1, -0.05) is 78.7 Å². The Hall–Kier alpha value is -4.39. The van der Waals surface area contributed by atoms with Crippen molar-refractivity contribution in [2.24, 2.45) is 0 Å². The third-order valence-electron chi connectivity index (χ3n) is 7.76. The Labute approximate surface area is 285 Å². The van der Waals surface area contributed by atoms with Crippen LogP contribution in [0.15, 0.2) is 76.8 Å². The quantitative estimate of drug-likeness (QED) is 0.0352. The maximum absolute atomic E-state index is 13.9. The molecule has 1 unspecified atom stereocenters. The van der Waals surface area contributed by atoms with E-state index in [-0.39, 0.29) is 16.5 Å². The number of aliphatic hydroxyl groups excluding tert-OH is 1. The number of nitrogens with zero attached hydrogens (tertiary/aromatic N) is 5. The zero-order chi connectivity index (χ0) is 33.1. The van der Waals surface area contributed by atoms with Crippen LogP contribution in [0.2, 0.25) is 5.02 Å². The van der Waals surface area contributed by atoms with Crippen LogP contribution in [0.5, 0.6) is 11.5 Å². The van der Waals surface area contributed by atoms with Crippen LogP contribution in [0.4, 0.5) is 5.13 Å². The van der Waals surface area contributed by atoms with Crippen molar-refractivity contribution < 1.29 is 24.2 Å². The second-order valence-corrected chi connectivity index (χ2v) is 13.5. The number of thioether (sulfide) groups is 1. The molecule has 47 heavy (non-hydrogen) atoms. The Morgan fingerprint density at radius 2 is 1.87 bits per heavy atom. The monoisotopic (exact) mass is 689 g/mol. The van der Waals surface area contributed by atoms with Crippen LogP contribution < -0.4 is 14.4 Å². The van der Waals surface area contributed by atoms with Gasteiger partial charge >= 0.3 is 5.91 Å². The van der Waals surface area contributed by atoms with Gasteiger partial charge in [-0.15, -0.1) is 10.2 Å². The van der Waals surface area contributed by atoms with Crippen molar-refractivity contribution >= 4 is 62.9 Å². The molecule has 5 aromatic rings. The van der Waals surface area contributed by atoms with E-state index in [0.717, 1.165) is 24.8 Å². The summed E-state index contributed by atoms with van der Waals surface area (Å²) >= 11 is 8.67. The number of benzene rings is 2. The lowest BCUT2D eigenvalue weighted by Gasteiger charge is -2.23. The maximum atomic E-state index is 13.9. The second-order valence-electron chi connectivity index (χ2n) is 10.9. The van der Waals surface area contributed by atoms with Gasteiger partial charge in [-0.2, -0.15) is 0 Å². The molecule has 242 valence electrons. The smallest absolute Gasteiger partial charge is 0.301 e. The number of aryl methyl sites for hydroxylation is 1. The molecule has 1 N–H and O–H groups in total. The van der Waals surface area contributed by atoms with E-state index >= 15 is 0 Å². The lowest BCUT2D eigenvalue weighted by Crippen LogP contribution is -2.29. The molecule has 1 amide bonds. The van der Waals surface area contributed by atoms with Gasteiger partial charge in [-0.3, -0.25) is 18.9 Å². The molecule has 0 saturated carbocycles. The number of fused-ring (bicyclic) bond motifs is 1. The first-order valence-electron chi connectivity index (χ1n) is 15.1. The van der Waals surface area contributed by atoms with Crippen molar-refractivity contribution in [2.75, 3.05) is 18.6 Å². The van der Waals surface area contributed by atoms with Crippen LogP contribution in [0.1, 0.15) is 54.7 Å². The van der Waals surface area contributed by atoms with Gasteiger partial charge < -0.3 is 14.6 Å². The average Bonchev–Trinajstić information content (AvgIpc) is 3.76. The molecule has 0 radical (unpaired) electrons. The normalized spacial score (nSPS) is 15.9. The number of ether oxygens (including phenoxy) is 2. The summed E-state index contributed by atoms with van der Waals surface area (Å²) in [4.78, 5) is 33.6. The fraction of sp³-hybridized carbons (Fsp3) is 0.265. The van der Waals surface area contributed by atoms with Gasteiger partial charge in [0.2, 0.25) is 5.13 Å². The largest absolute Gasteiger partial charge is 0.505 e. The number of halogens is 1. The van der Waals surface area contributed by atoms with E-state index in [1.165, 1.54) is 35.1 Å². The van der Waals surface area contributed by atoms with E-state index in [0.29, 0.717) is 55.8 Å². The van der Waals surface area contributed by atoms with Crippen LogP contribution in [-0.4, -0.2) is 50.1 Å². The first-order chi connectivity index (χ1) is 22.8. The minimum atomic E-state index is -1.03. The van der Waals surface area contributed by atoms with E-state index in [1.807, 2.05) is 30.3 Å². The molecule has 10 nitrogen and oxygen atoms in total. The summed E-state index contributed by atoms with van der Waals surface area (Å²) in [5, 5.41) is 21.4. The van der Waals surface area contributed by atoms with Crippen LogP contribution in [0.3, 0.4) is 0 Å². The van der Waals surface area contributed by atoms with Crippen LogP contribution in [0.25, 0.3) is 11.4 Å². The van der Waals surface area contributed by atoms with Crippen LogP contribution in [-0.2, 0) is 15.3 Å². The molecular formula is C34H32ClN5O5S2. The molecule has 0 aliphatic carbocycles. The number of Topliss-reactive ketones (excluding diaryl/α,β-unsaturated/α-hetero) is 1. The Morgan fingerprint density at radius 3 is 2.64 bits per heavy atom. The standard InChI is InChI=1S/C34H32ClN5O5S2/c1-4-5-8-17-45-24-15-12-22(18-25(24)44-3)29-27(30(41)28-20(2)36-26-9-6-7-16-39(26)28)31(42)32(43)40(29)33-37-38-34(47-33)46-19-21-10-13-23(35)14-11-21/h6-7,9-16,18,29,41H,4-5,8,17,19H2,1-3H3/b30-27+. The third-order valence-corrected chi connectivity index (χ3v) is 10.1. The first-order valence-corrected chi connectivity index (χ1v) is 17.2. The molecule has 1 aliphatic rings. The van der Waals surface area contributed by atoms with Gasteiger partial charge in [-0.05, 0) is 60.9 Å². The SMILES string of the molecule is CCCCCOc1ccc(C2/C(=C(\O)c3c(C)nc4ccccn34)C(=O)C(=O)N2c2nnc(SCc3ccc(Cl)cc3)s2)cc1OC. The number of ketones is 1. The van der Waals surface area contributed by atoms with E-state index in [4.69, 9.17) is 21.1 Å².